The van der Waals surface area contributed by atoms with Crippen molar-refractivity contribution in [2.75, 3.05) is 0 Å². The molecule has 0 rings (SSSR count). The van der Waals surface area contributed by atoms with Crippen LogP contribution in [0.15, 0.2) is 0 Å². The molecular formula is AlBLiO3+. The van der Waals surface area contributed by atoms with Gasteiger partial charge in [0.25, 0.3) is 0 Å². The van der Waals surface area contributed by atoms with E-state index in [2.05, 4.69) is 0 Å². The molecule has 6 heavy (non-hydrogen) atoms. The van der Waals surface area contributed by atoms with E-state index in [1.165, 1.54) is 0 Å². The molecule has 0 spiro atoms. The average molecular weight is 92.7 g/mol. The maximum atomic E-state index is 8.42. The Morgan fingerprint density at radius 2 is 1.00 bits per heavy atom. The van der Waals surface area contributed by atoms with Gasteiger partial charge in [-0.15, -0.1) is 0 Å². The molecular weight excluding hydrogens is 92.7 g/mol. The van der Waals surface area contributed by atoms with Gasteiger partial charge in [0.2, 0.25) is 0 Å². The van der Waals surface area contributed by atoms with Gasteiger partial charge in [0.1, 0.15) is 0 Å². The molecule has 0 saturated carbocycles. The summed E-state index contributed by atoms with van der Waals surface area (Å²) in [5, 5.41) is 25.2. The number of hydrogen-bond acceptors (Lipinski definition) is 3. The average Bonchev–Trinajstić information content (AvgIpc) is 0.811. The van der Waals surface area contributed by atoms with E-state index in [1.807, 2.05) is 0 Å². The van der Waals surface area contributed by atoms with Gasteiger partial charge in [-0.05, 0) is 0 Å². The molecule has 0 aromatic carbocycles. The Morgan fingerprint density at radius 1 is 1.00 bits per heavy atom. The summed E-state index contributed by atoms with van der Waals surface area (Å²) >= 11 is 0. The molecule has 0 aromatic heterocycles. The number of rotatable bonds is 0. The molecule has 0 aliphatic heterocycles. The molecule has 0 amide bonds. The smallest absolute Gasteiger partial charge is 0.907 e. The van der Waals surface area contributed by atoms with Gasteiger partial charge in [0.05, 0.1) is 0 Å². The van der Waals surface area contributed by atoms with Gasteiger partial charge in [0, 0.05) is 0 Å². The molecule has 0 N–H and O–H groups in total. The van der Waals surface area contributed by atoms with Crippen molar-refractivity contribution < 1.29 is 33.9 Å². The van der Waals surface area contributed by atoms with Crippen LogP contribution in [0.4, 0.5) is 0 Å². The minimum absolute atomic E-state index is 0. The van der Waals surface area contributed by atoms with E-state index in [0.29, 0.717) is 0 Å². The maximum Gasteiger partial charge on any atom is 3.00 e. The fraction of sp³-hybridized carbons (Fsp3) is 0. The molecule has 0 bridgehead atoms. The first kappa shape index (κ1) is 15.7. The van der Waals surface area contributed by atoms with Crippen LogP contribution in [-0.2, 0) is 0 Å². The van der Waals surface area contributed by atoms with E-state index < -0.39 is 7.32 Å². The Kier molecular flexibility index (Phi) is 24.7. The van der Waals surface area contributed by atoms with Crippen molar-refractivity contribution in [2.45, 2.75) is 0 Å². The topological polar surface area (TPSA) is 69.2 Å². The molecule has 0 saturated heterocycles. The molecule has 0 fully saturated rings. The van der Waals surface area contributed by atoms with Crippen LogP contribution in [0.2, 0.25) is 0 Å². The first-order valence-electron chi connectivity index (χ1n) is 0.707. The van der Waals surface area contributed by atoms with E-state index in [-0.39, 0.29) is 36.2 Å². The van der Waals surface area contributed by atoms with Crippen LogP contribution in [-0.4, -0.2) is 24.7 Å². The fourth-order valence-electron chi connectivity index (χ4n) is 0. The summed E-state index contributed by atoms with van der Waals surface area (Å²) in [6.07, 6.45) is 0. The molecule has 24 valence electrons. The molecule has 0 heterocycles. The van der Waals surface area contributed by atoms with Crippen molar-refractivity contribution in [3.05, 3.63) is 0 Å². The zero-order valence-electron chi connectivity index (χ0n) is 3.38. The number of hydrogen-bond donors (Lipinski definition) is 0. The van der Waals surface area contributed by atoms with Crippen molar-refractivity contribution >= 4 is 24.7 Å². The Morgan fingerprint density at radius 3 is 1.00 bits per heavy atom. The van der Waals surface area contributed by atoms with E-state index >= 15 is 0 Å². The molecule has 0 aromatic rings. The van der Waals surface area contributed by atoms with E-state index in [9.17, 15) is 0 Å². The largest absolute Gasteiger partial charge is 3.00 e. The van der Waals surface area contributed by atoms with Crippen LogP contribution in [0.25, 0.3) is 0 Å². The Labute approximate surface area is 58.9 Å². The van der Waals surface area contributed by atoms with Gasteiger partial charge in [-0.3, -0.25) is 7.32 Å². The molecule has 0 radical (unpaired) electrons. The maximum absolute atomic E-state index is 8.42. The Balaban J connectivity index is -0.0000000450. The van der Waals surface area contributed by atoms with Crippen LogP contribution >= 0.6 is 0 Å². The zero-order chi connectivity index (χ0) is 3.58. The molecule has 6 heteroatoms. The summed E-state index contributed by atoms with van der Waals surface area (Å²) in [6.45, 7) is 0. The summed E-state index contributed by atoms with van der Waals surface area (Å²) in [5.41, 5.74) is 0. The van der Waals surface area contributed by atoms with Crippen molar-refractivity contribution in [3.63, 3.8) is 0 Å². The normalized spacial score (nSPS) is 4.50. The van der Waals surface area contributed by atoms with Crippen molar-refractivity contribution in [1.82, 2.24) is 0 Å². The van der Waals surface area contributed by atoms with Crippen LogP contribution < -0.4 is 33.9 Å². The van der Waals surface area contributed by atoms with Crippen molar-refractivity contribution in [3.8, 4) is 0 Å². The minimum Gasteiger partial charge on any atom is -0.907 e. The zero-order valence-corrected chi connectivity index (χ0v) is 4.53. The van der Waals surface area contributed by atoms with Crippen LogP contribution in [0.1, 0.15) is 0 Å². The molecule has 0 aliphatic rings. The first-order chi connectivity index (χ1) is 1.73. The second kappa shape index (κ2) is 9.42. The van der Waals surface area contributed by atoms with Gasteiger partial charge >= 0.3 is 36.2 Å². The van der Waals surface area contributed by atoms with E-state index in [0.717, 1.165) is 0 Å². The summed E-state index contributed by atoms with van der Waals surface area (Å²) in [6, 6.07) is 0. The van der Waals surface area contributed by atoms with Crippen molar-refractivity contribution in [2.24, 2.45) is 0 Å². The predicted octanol–water partition coefficient (Wildman–Crippen LogP) is -7.32. The van der Waals surface area contributed by atoms with Gasteiger partial charge in [-0.2, -0.15) is 0 Å². The van der Waals surface area contributed by atoms with Crippen molar-refractivity contribution in [1.29, 1.82) is 0 Å². The fourth-order valence-corrected chi connectivity index (χ4v) is 0. The Hall–Kier alpha value is 1.07. The monoisotopic (exact) mass is 93.0 g/mol. The molecule has 0 atom stereocenters. The SMILES string of the molecule is [Al+3].[Li+].[O-]B([O-])[O-]. The van der Waals surface area contributed by atoms with E-state index in [1.54, 1.807) is 0 Å². The predicted molar refractivity (Wildman–Crippen MR) is 11.5 cm³/mol. The second-order valence-corrected chi connectivity index (χ2v) is 0.289. The van der Waals surface area contributed by atoms with Gasteiger partial charge < -0.3 is 15.1 Å². The molecule has 0 aliphatic carbocycles. The minimum atomic E-state index is -2.92. The Bertz CT molecular complexity index is 15.5. The van der Waals surface area contributed by atoms with Crippen LogP contribution in [0.5, 0.6) is 0 Å². The molecule has 3 nitrogen and oxygen atoms in total. The third-order valence-corrected chi connectivity index (χ3v) is 0. The van der Waals surface area contributed by atoms with Gasteiger partial charge in [0.15, 0.2) is 0 Å². The van der Waals surface area contributed by atoms with Crippen LogP contribution in [0.3, 0.4) is 0 Å². The summed E-state index contributed by atoms with van der Waals surface area (Å²) in [5.74, 6) is 0. The summed E-state index contributed by atoms with van der Waals surface area (Å²) < 4.78 is 0. The second-order valence-electron chi connectivity index (χ2n) is 0.289. The summed E-state index contributed by atoms with van der Waals surface area (Å²) in [4.78, 5) is 0. The van der Waals surface area contributed by atoms with Gasteiger partial charge in [-0.25, -0.2) is 0 Å². The quantitative estimate of drug-likeness (QED) is 0.279. The third kappa shape index (κ3) is 72.9. The van der Waals surface area contributed by atoms with E-state index in [4.69, 9.17) is 15.1 Å². The first-order valence-corrected chi connectivity index (χ1v) is 0.707. The third-order valence-electron chi connectivity index (χ3n) is 0. The standard InChI is InChI=1S/Al.BO3.Li/c;2-1(3)4;/q+3;-3;+1. The van der Waals surface area contributed by atoms with Gasteiger partial charge in [-0.1, -0.05) is 0 Å². The molecule has 0 unspecified atom stereocenters. The summed E-state index contributed by atoms with van der Waals surface area (Å²) in [7, 11) is -2.92. The van der Waals surface area contributed by atoms with Crippen LogP contribution in [0, 0.1) is 0 Å².